The zero-order valence-electron chi connectivity index (χ0n) is 14.8. The molecule has 0 spiro atoms. The van der Waals surface area contributed by atoms with E-state index in [-0.39, 0.29) is 0 Å². The van der Waals surface area contributed by atoms with Crippen molar-refractivity contribution < 1.29 is 0 Å². The molecule has 0 unspecified atom stereocenters. The third-order valence-electron chi connectivity index (χ3n) is 4.89. The Balaban J connectivity index is 1.35. The summed E-state index contributed by atoms with van der Waals surface area (Å²) in [6.07, 6.45) is 9.19. The first kappa shape index (κ1) is 17.4. The summed E-state index contributed by atoms with van der Waals surface area (Å²) in [5.74, 6) is 1.68. The molecular formula is C18H29N5S. The van der Waals surface area contributed by atoms with Gasteiger partial charge in [0.2, 0.25) is 0 Å². The quantitative estimate of drug-likeness (QED) is 0.488. The molecule has 132 valence electrons. The van der Waals surface area contributed by atoms with E-state index in [0.29, 0.717) is 6.04 Å². The Morgan fingerprint density at radius 2 is 2.08 bits per heavy atom. The van der Waals surface area contributed by atoms with E-state index >= 15 is 0 Å². The number of nitrogens with zero attached hydrogens (tertiary/aromatic N) is 3. The first-order chi connectivity index (χ1) is 11.7. The fourth-order valence-electron chi connectivity index (χ4n) is 3.42. The molecule has 0 amide bonds. The first-order valence-corrected chi connectivity index (χ1v) is 9.86. The summed E-state index contributed by atoms with van der Waals surface area (Å²) in [4.78, 5) is 11.5. The summed E-state index contributed by atoms with van der Waals surface area (Å²) >= 11 is 1.75. The monoisotopic (exact) mass is 347 g/mol. The van der Waals surface area contributed by atoms with E-state index in [4.69, 9.17) is 0 Å². The lowest BCUT2D eigenvalue weighted by molar-refractivity contribution is 0.176. The van der Waals surface area contributed by atoms with Crippen molar-refractivity contribution >= 4 is 17.3 Å². The van der Waals surface area contributed by atoms with Crippen LogP contribution in [0.4, 0.5) is 0 Å². The third-order valence-corrected chi connectivity index (χ3v) is 5.71. The van der Waals surface area contributed by atoms with Gasteiger partial charge in [-0.1, -0.05) is 12.2 Å². The maximum atomic E-state index is 4.58. The minimum absolute atomic E-state index is 0.514. The van der Waals surface area contributed by atoms with Gasteiger partial charge in [0.15, 0.2) is 5.96 Å². The Kier molecular flexibility index (Phi) is 6.26. The Morgan fingerprint density at radius 1 is 1.33 bits per heavy atom. The summed E-state index contributed by atoms with van der Waals surface area (Å²) in [6, 6.07) is 0.514. The van der Waals surface area contributed by atoms with Gasteiger partial charge < -0.3 is 10.6 Å². The van der Waals surface area contributed by atoms with Crippen molar-refractivity contribution in [1.29, 1.82) is 0 Å². The van der Waals surface area contributed by atoms with Crippen molar-refractivity contribution in [2.75, 3.05) is 26.7 Å². The third kappa shape index (κ3) is 5.05. The van der Waals surface area contributed by atoms with Crippen LogP contribution in [0.5, 0.6) is 0 Å². The second-order valence-electron chi connectivity index (χ2n) is 6.81. The van der Waals surface area contributed by atoms with Gasteiger partial charge in [-0.3, -0.25) is 9.89 Å². The molecule has 2 aliphatic rings. The lowest BCUT2D eigenvalue weighted by atomic mass is 9.97. The lowest BCUT2D eigenvalue weighted by Crippen LogP contribution is -2.45. The molecule has 2 heterocycles. The van der Waals surface area contributed by atoms with Crippen LogP contribution in [0.2, 0.25) is 0 Å². The number of aromatic nitrogens is 1. The molecule has 5 nitrogen and oxygen atoms in total. The van der Waals surface area contributed by atoms with Gasteiger partial charge in [0, 0.05) is 31.6 Å². The van der Waals surface area contributed by atoms with E-state index in [0.717, 1.165) is 37.8 Å². The summed E-state index contributed by atoms with van der Waals surface area (Å²) in [7, 11) is 1.86. The van der Waals surface area contributed by atoms with Crippen LogP contribution in [0.15, 0.2) is 22.5 Å². The molecule has 3 rings (SSSR count). The molecule has 1 aliphatic carbocycles. The number of hydrogen-bond donors (Lipinski definition) is 2. The van der Waals surface area contributed by atoms with Crippen LogP contribution in [0, 0.1) is 12.8 Å². The van der Waals surface area contributed by atoms with Gasteiger partial charge in [0.25, 0.3) is 0 Å². The Morgan fingerprint density at radius 3 is 2.71 bits per heavy atom. The van der Waals surface area contributed by atoms with Gasteiger partial charge in [-0.15, -0.1) is 11.3 Å². The van der Waals surface area contributed by atoms with Gasteiger partial charge in [-0.2, -0.15) is 0 Å². The molecular weight excluding hydrogens is 318 g/mol. The molecule has 1 aliphatic heterocycles. The van der Waals surface area contributed by atoms with Gasteiger partial charge in [-0.25, -0.2) is 4.98 Å². The highest BCUT2D eigenvalue weighted by Gasteiger charge is 2.20. The molecule has 6 heteroatoms. The molecule has 0 bridgehead atoms. The van der Waals surface area contributed by atoms with E-state index in [9.17, 15) is 0 Å². The molecule has 1 aromatic rings. The highest BCUT2D eigenvalue weighted by molar-refractivity contribution is 7.09. The van der Waals surface area contributed by atoms with Crippen molar-refractivity contribution in [1.82, 2.24) is 20.5 Å². The van der Waals surface area contributed by atoms with Crippen LogP contribution in [0.3, 0.4) is 0 Å². The summed E-state index contributed by atoms with van der Waals surface area (Å²) in [5.41, 5.74) is 1.23. The van der Waals surface area contributed by atoms with Crippen molar-refractivity contribution in [2.24, 2.45) is 10.9 Å². The number of likely N-dealkylation sites (tertiary alicyclic amines) is 1. The summed E-state index contributed by atoms with van der Waals surface area (Å²) in [5, 5.41) is 10.4. The van der Waals surface area contributed by atoms with Crippen molar-refractivity contribution in [3.63, 3.8) is 0 Å². The lowest BCUT2D eigenvalue weighted by Gasteiger charge is -2.32. The molecule has 0 aromatic carbocycles. The SMILES string of the molecule is CN=C(NCC1CCN(Cc2csc(C)n2)CC1)NC1CC=CC1. The number of aliphatic imine (C=N–C) groups is 1. The van der Waals surface area contributed by atoms with Crippen molar-refractivity contribution in [3.05, 3.63) is 28.2 Å². The number of rotatable bonds is 5. The second-order valence-corrected chi connectivity index (χ2v) is 7.88. The van der Waals surface area contributed by atoms with E-state index < -0.39 is 0 Å². The van der Waals surface area contributed by atoms with E-state index in [1.807, 2.05) is 7.05 Å². The van der Waals surface area contributed by atoms with Crippen LogP contribution in [0.1, 0.15) is 36.4 Å². The van der Waals surface area contributed by atoms with Crippen LogP contribution in [-0.2, 0) is 6.54 Å². The van der Waals surface area contributed by atoms with Gasteiger partial charge in [0.05, 0.1) is 10.7 Å². The first-order valence-electron chi connectivity index (χ1n) is 8.98. The van der Waals surface area contributed by atoms with E-state index in [2.05, 4.69) is 50.0 Å². The number of piperidine rings is 1. The average Bonchev–Trinajstić information content (AvgIpc) is 3.24. The second kappa shape index (κ2) is 8.62. The Bertz CT molecular complexity index is 564. The van der Waals surface area contributed by atoms with E-state index in [1.54, 1.807) is 11.3 Å². The number of aryl methyl sites for hydroxylation is 1. The topological polar surface area (TPSA) is 52.6 Å². The molecule has 1 aromatic heterocycles. The molecule has 0 saturated carbocycles. The highest BCUT2D eigenvalue weighted by atomic mass is 32.1. The minimum atomic E-state index is 0.514. The van der Waals surface area contributed by atoms with Gasteiger partial charge >= 0.3 is 0 Å². The molecule has 0 atom stereocenters. The predicted octanol–water partition coefficient (Wildman–Crippen LogP) is 2.55. The van der Waals surface area contributed by atoms with Crippen LogP contribution in [0.25, 0.3) is 0 Å². The standard InChI is InChI=1S/C18H29N5S/c1-14-21-17(13-24-14)12-23-9-7-15(8-10-23)11-20-18(19-2)22-16-5-3-4-6-16/h3-4,13,15-16H,5-12H2,1-2H3,(H2,19,20,22). The van der Waals surface area contributed by atoms with E-state index in [1.165, 1.54) is 36.6 Å². The number of hydrogen-bond acceptors (Lipinski definition) is 4. The molecule has 0 radical (unpaired) electrons. The predicted molar refractivity (Wildman–Crippen MR) is 102 cm³/mol. The minimum Gasteiger partial charge on any atom is -0.356 e. The maximum Gasteiger partial charge on any atom is 0.191 e. The van der Waals surface area contributed by atoms with Crippen LogP contribution >= 0.6 is 11.3 Å². The summed E-state index contributed by atoms with van der Waals surface area (Å²) in [6.45, 7) is 6.43. The smallest absolute Gasteiger partial charge is 0.191 e. The summed E-state index contributed by atoms with van der Waals surface area (Å²) < 4.78 is 0. The molecule has 2 N–H and O–H groups in total. The molecule has 1 fully saturated rings. The average molecular weight is 348 g/mol. The Hall–Kier alpha value is -1.40. The van der Waals surface area contributed by atoms with Gasteiger partial charge in [-0.05, 0) is 51.6 Å². The van der Waals surface area contributed by atoms with Crippen LogP contribution in [-0.4, -0.2) is 48.6 Å². The Labute approximate surface area is 149 Å². The number of thiazole rings is 1. The zero-order chi connectivity index (χ0) is 16.8. The highest BCUT2D eigenvalue weighted by Crippen LogP contribution is 2.19. The number of guanidine groups is 1. The fourth-order valence-corrected chi connectivity index (χ4v) is 4.03. The molecule has 1 saturated heterocycles. The van der Waals surface area contributed by atoms with Gasteiger partial charge in [0.1, 0.15) is 0 Å². The number of nitrogens with one attached hydrogen (secondary N) is 2. The fraction of sp³-hybridized carbons (Fsp3) is 0.667. The molecule has 24 heavy (non-hydrogen) atoms. The van der Waals surface area contributed by atoms with Crippen molar-refractivity contribution in [3.8, 4) is 0 Å². The largest absolute Gasteiger partial charge is 0.356 e. The zero-order valence-corrected chi connectivity index (χ0v) is 15.6. The van der Waals surface area contributed by atoms with Crippen LogP contribution < -0.4 is 10.6 Å². The van der Waals surface area contributed by atoms with Crippen molar-refractivity contribution in [2.45, 2.75) is 45.2 Å². The maximum absolute atomic E-state index is 4.58. The normalized spacial score (nSPS) is 20.7.